The molecule has 0 aromatic heterocycles. The molecule has 132 valence electrons. The van der Waals surface area contributed by atoms with E-state index in [4.69, 9.17) is 4.74 Å². The van der Waals surface area contributed by atoms with Gasteiger partial charge in [0.25, 0.3) is 5.91 Å². The van der Waals surface area contributed by atoms with Crippen molar-refractivity contribution in [2.45, 2.75) is 0 Å². The van der Waals surface area contributed by atoms with Gasteiger partial charge in [0.2, 0.25) is 5.91 Å². The summed E-state index contributed by atoms with van der Waals surface area (Å²) in [6, 6.07) is 7.09. The van der Waals surface area contributed by atoms with Crippen molar-refractivity contribution in [3.05, 3.63) is 41.5 Å². The molecule has 1 rings (SSSR count). The summed E-state index contributed by atoms with van der Waals surface area (Å²) in [5.74, 6) is -0.180. The molecule has 0 unspecified atom stereocenters. The number of rotatable bonds is 9. The standard InChI is InChI=1S/C18H27N3O3/c1-19-18(23)16-8-5-15(6-9-16)7-10-17(22)21(13-14-24-4)12-11-20(2)3/h5-10H,11-14H2,1-4H3,(H,19,23). The third-order valence-corrected chi connectivity index (χ3v) is 3.51. The van der Waals surface area contributed by atoms with Crippen molar-refractivity contribution in [3.8, 4) is 0 Å². The minimum Gasteiger partial charge on any atom is -0.383 e. The second-order valence-electron chi connectivity index (χ2n) is 5.66. The molecule has 0 bridgehead atoms. The molecule has 0 spiro atoms. The quantitative estimate of drug-likeness (QED) is 0.688. The highest BCUT2D eigenvalue weighted by molar-refractivity contribution is 5.94. The first-order valence-electron chi connectivity index (χ1n) is 7.90. The number of likely N-dealkylation sites (N-methyl/N-ethyl adjacent to an activating group) is 1. The lowest BCUT2D eigenvalue weighted by Crippen LogP contribution is -2.37. The van der Waals surface area contributed by atoms with Crippen molar-refractivity contribution in [1.29, 1.82) is 0 Å². The van der Waals surface area contributed by atoms with E-state index in [9.17, 15) is 9.59 Å². The van der Waals surface area contributed by atoms with Crippen LogP contribution >= 0.6 is 0 Å². The van der Waals surface area contributed by atoms with Crippen molar-refractivity contribution < 1.29 is 14.3 Å². The van der Waals surface area contributed by atoms with Gasteiger partial charge in [0.15, 0.2) is 0 Å². The molecular weight excluding hydrogens is 306 g/mol. The third kappa shape index (κ3) is 6.93. The van der Waals surface area contributed by atoms with Crippen LogP contribution < -0.4 is 5.32 Å². The Morgan fingerprint density at radius 1 is 1.12 bits per heavy atom. The predicted octanol–water partition coefficient (Wildman–Crippen LogP) is 1.10. The lowest BCUT2D eigenvalue weighted by atomic mass is 10.1. The van der Waals surface area contributed by atoms with Crippen LogP contribution in [0.15, 0.2) is 30.3 Å². The Bertz CT molecular complexity index is 553. The zero-order chi connectivity index (χ0) is 17.9. The van der Waals surface area contributed by atoms with E-state index in [1.807, 2.05) is 31.1 Å². The van der Waals surface area contributed by atoms with Crippen molar-refractivity contribution in [2.75, 3.05) is 54.5 Å². The Labute approximate surface area is 144 Å². The molecule has 0 radical (unpaired) electrons. The Morgan fingerprint density at radius 2 is 1.79 bits per heavy atom. The van der Waals surface area contributed by atoms with E-state index in [2.05, 4.69) is 5.32 Å². The van der Waals surface area contributed by atoms with Crippen LogP contribution in [0.3, 0.4) is 0 Å². The highest BCUT2D eigenvalue weighted by Gasteiger charge is 2.10. The lowest BCUT2D eigenvalue weighted by molar-refractivity contribution is -0.126. The average Bonchev–Trinajstić information content (AvgIpc) is 2.59. The topological polar surface area (TPSA) is 61.9 Å². The fourth-order valence-electron chi connectivity index (χ4n) is 2.02. The van der Waals surface area contributed by atoms with Gasteiger partial charge in [-0.05, 0) is 37.9 Å². The zero-order valence-electron chi connectivity index (χ0n) is 14.9. The minimum absolute atomic E-state index is 0.0516. The molecule has 1 aromatic rings. The molecule has 6 heteroatoms. The highest BCUT2D eigenvalue weighted by Crippen LogP contribution is 2.07. The van der Waals surface area contributed by atoms with Crippen molar-refractivity contribution in [2.24, 2.45) is 0 Å². The molecule has 24 heavy (non-hydrogen) atoms. The smallest absolute Gasteiger partial charge is 0.251 e. The summed E-state index contributed by atoms with van der Waals surface area (Å²) >= 11 is 0. The van der Waals surface area contributed by atoms with E-state index < -0.39 is 0 Å². The van der Waals surface area contributed by atoms with Crippen LogP contribution in [0.5, 0.6) is 0 Å². The maximum atomic E-state index is 12.4. The fraction of sp³-hybridized carbons (Fsp3) is 0.444. The Balaban J connectivity index is 2.70. The Hall–Kier alpha value is -2.18. The number of methoxy groups -OCH3 is 1. The molecule has 0 heterocycles. The Morgan fingerprint density at radius 3 is 2.33 bits per heavy atom. The van der Waals surface area contributed by atoms with Gasteiger partial charge in [0, 0.05) is 45.4 Å². The molecule has 0 aliphatic rings. The molecule has 6 nitrogen and oxygen atoms in total. The number of amides is 2. The van der Waals surface area contributed by atoms with Crippen LogP contribution in [-0.4, -0.2) is 76.1 Å². The van der Waals surface area contributed by atoms with Crippen LogP contribution in [0, 0.1) is 0 Å². The monoisotopic (exact) mass is 333 g/mol. The van der Waals surface area contributed by atoms with E-state index in [1.165, 1.54) is 0 Å². The SMILES string of the molecule is CNC(=O)c1ccc(C=CC(=O)N(CCOC)CCN(C)C)cc1. The first-order valence-corrected chi connectivity index (χ1v) is 7.90. The predicted molar refractivity (Wildman–Crippen MR) is 95.9 cm³/mol. The zero-order valence-corrected chi connectivity index (χ0v) is 14.9. The summed E-state index contributed by atoms with van der Waals surface area (Å²) < 4.78 is 5.07. The minimum atomic E-state index is -0.129. The van der Waals surface area contributed by atoms with Crippen molar-refractivity contribution in [1.82, 2.24) is 15.1 Å². The van der Waals surface area contributed by atoms with Crippen LogP contribution in [-0.2, 0) is 9.53 Å². The van der Waals surface area contributed by atoms with Gasteiger partial charge in [-0.2, -0.15) is 0 Å². The van der Waals surface area contributed by atoms with Gasteiger partial charge in [-0.1, -0.05) is 12.1 Å². The number of hydrogen-bond donors (Lipinski definition) is 1. The molecule has 0 atom stereocenters. The maximum absolute atomic E-state index is 12.4. The van der Waals surface area contributed by atoms with E-state index in [-0.39, 0.29) is 11.8 Å². The summed E-state index contributed by atoms with van der Waals surface area (Å²) in [4.78, 5) is 27.7. The van der Waals surface area contributed by atoms with Crippen LogP contribution in [0.2, 0.25) is 0 Å². The van der Waals surface area contributed by atoms with E-state index in [1.54, 1.807) is 43.3 Å². The number of carbonyl (C=O) groups is 2. The molecule has 0 aliphatic heterocycles. The summed E-state index contributed by atoms with van der Waals surface area (Å²) in [6.07, 6.45) is 3.31. The Kier molecular flexibility index (Phi) is 8.75. The van der Waals surface area contributed by atoms with Gasteiger partial charge < -0.3 is 19.9 Å². The van der Waals surface area contributed by atoms with Gasteiger partial charge >= 0.3 is 0 Å². The number of nitrogens with zero attached hydrogens (tertiary/aromatic N) is 2. The van der Waals surface area contributed by atoms with Crippen LogP contribution in [0.1, 0.15) is 15.9 Å². The first kappa shape index (κ1) is 19.9. The largest absolute Gasteiger partial charge is 0.383 e. The molecular formula is C18H27N3O3. The fourth-order valence-corrected chi connectivity index (χ4v) is 2.02. The second kappa shape index (κ2) is 10.6. The number of hydrogen-bond acceptors (Lipinski definition) is 4. The molecule has 0 fully saturated rings. The van der Waals surface area contributed by atoms with Crippen LogP contribution in [0.4, 0.5) is 0 Å². The molecule has 1 aromatic carbocycles. The summed E-state index contributed by atoms with van der Waals surface area (Å²) in [6.45, 7) is 2.51. The number of benzene rings is 1. The van der Waals surface area contributed by atoms with Gasteiger partial charge in [-0.15, -0.1) is 0 Å². The summed E-state index contributed by atoms with van der Waals surface area (Å²) in [5.41, 5.74) is 1.46. The van der Waals surface area contributed by atoms with Gasteiger partial charge in [-0.3, -0.25) is 9.59 Å². The van der Waals surface area contributed by atoms with E-state index in [0.29, 0.717) is 25.3 Å². The third-order valence-electron chi connectivity index (χ3n) is 3.51. The molecule has 0 saturated carbocycles. The summed E-state index contributed by atoms with van der Waals surface area (Å²) in [5, 5.41) is 2.57. The van der Waals surface area contributed by atoms with Gasteiger partial charge in [-0.25, -0.2) is 0 Å². The number of ether oxygens (including phenoxy) is 1. The molecule has 2 amide bonds. The van der Waals surface area contributed by atoms with E-state index in [0.717, 1.165) is 12.1 Å². The first-order chi connectivity index (χ1) is 11.5. The number of carbonyl (C=O) groups excluding carboxylic acids is 2. The number of nitrogens with one attached hydrogen (secondary N) is 1. The maximum Gasteiger partial charge on any atom is 0.251 e. The van der Waals surface area contributed by atoms with Crippen molar-refractivity contribution >= 4 is 17.9 Å². The van der Waals surface area contributed by atoms with E-state index >= 15 is 0 Å². The molecule has 0 aliphatic carbocycles. The van der Waals surface area contributed by atoms with Gasteiger partial charge in [0.1, 0.15) is 0 Å². The molecule has 0 saturated heterocycles. The summed E-state index contributed by atoms with van der Waals surface area (Å²) in [7, 11) is 7.17. The highest BCUT2D eigenvalue weighted by atomic mass is 16.5. The van der Waals surface area contributed by atoms with Gasteiger partial charge in [0.05, 0.1) is 6.61 Å². The molecule has 1 N–H and O–H groups in total. The van der Waals surface area contributed by atoms with Crippen LogP contribution in [0.25, 0.3) is 6.08 Å². The second-order valence-corrected chi connectivity index (χ2v) is 5.66. The average molecular weight is 333 g/mol. The van der Waals surface area contributed by atoms with Crippen molar-refractivity contribution in [3.63, 3.8) is 0 Å². The lowest BCUT2D eigenvalue weighted by Gasteiger charge is -2.22. The normalized spacial score (nSPS) is 11.0.